The second-order valence-electron chi connectivity index (χ2n) is 5.85. The number of piperidine rings is 1. The molecule has 4 rings (SSSR count). The van der Waals surface area contributed by atoms with Crippen LogP contribution in [0.3, 0.4) is 0 Å². The highest BCUT2D eigenvalue weighted by atomic mass is 35.5. The van der Waals surface area contributed by atoms with Gasteiger partial charge in [0, 0.05) is 24.9 Å². The lowest BCUT2D eigenvalue weighted by atomic mass is 10.0. The molecule has 0 radical (unpaired) electrons. The maximum absolute atomic E-state index is 6.19. The van der Waals surface area contributed by atoms with E-state index in [0.717, 1.165) is 24.3 Å². The summed E-state index contributed by atoms with van der Waals surface area (Å²) < 4.78 is 11.4. The molecular formula is C18H20ClNO2. The van der Waals surface area contributed by atoms with Gasteiger partial charge in [-0.3, -0.25) is 0 Å². The standard InChI is InChI=1S/C18H19NO2.ClH/c1-20-16-6-2-13-9-17(7-3-12(13)8-16)21-18-10-14-4-5-15(11-18)19-14;/h2-9,14-15,18-19H,10-11H2,1H3;1H/t14-,15+,18-;. The summed E-state index contributed by atoms with van der Waals surface area (Å²) in [5, 5.41) is 5.90. The van der Waals surface area contributed by atoms with Crippen molar-refractivity contribution in [1.82, 2.24) is 5.32 Å². The maximum Gasteiger partial charge on any atom is 0.120 e. The summed E-state index contributed by atoms with van der Waals surface area (Å²) >= 11 is 0. The number of methoxy groups -OCH3 is 1. The fraction of sp³-hybridized carbons (Fsp3) is 0.333. The first-order valence-corrected chi connectivity index (χ1v) is 7.49. The van der Waals surface area contributed by atoms with Gasteiger partial charge in [-0.25, -0.2) is 0 Å². The molecule has 0 spiro atoms. The molecule has 0 aromatic heterocycles. The van der Waals surface area contributed by atoms with Crippen molar-refractivity contribution in [2.75, 3.05) is 7.11 Å². The third-order valence-electron chi connectivity index (χ3n) is 4.36. The van der Waals surface area contributed by atoms with Gasteiger partial charge in [0.1, 0.15) is 17.6 Å². The smallest absolute Gasteiger partial charge is 0.120 e. The second-order valence-corrected chi connectivity index (χ2v) is 5.85. The highest BCUT2D eigenvalue weighted by molar-refractivity contribution is 5.85. The second kappa shape index (κ2) is 6.19. The van der Waals surface area contributed by atoms with E-state index in [4.69, 9.17) is 9.47 Å². The van der Waals surface area contributed by atoms with Crippen LogP contribution in [0.2, 0.25) is 0 Å². The number of ether oxygens (including phenoxy) is 2. The summed E-state index contributed by atoms with van der Waals surface area (Å²) in [5.41, 5.74) is 0. The van der Waals surface area contributed by atoms with Crippen LogP contribution in [0, 0.1) is 0 Å². The van der Waals surface area contributed by atoms with Crippen molar-refractivity contribution < 1.29 is 9.47 Å². The SMILES string of the molecule is COc1ccc2cc(O[C@@H]3C[C@H]4C=C[C@@H](C3)N4)ccc2c1.Cl. The average molecular weight is 318 g/mol. The maximum atomic E-state index is 6.19. The molecule has 2 aromatic carbocycles. The minimum atomic E-state index is 0. The predicted octanol–water partition coefficient (Wildman–Crippen LogP) is 3.71. The fourth-order valence-corrected chi connectivity index (χ4v) is 3.30. The Balaban J connectivity index is 0.00000144. The van der Waals surface area contributed by atoms with Crippen molar-refractivity contribution in [2.24, 2.45) is 0 Å². The molecule has 22 heavy (non-hydrogen) atoms. The zero-order valence-corrected chi connectivity index (χ0v) is 13.3. The van der Waals surface area contributed by atoms with Crippen LogP contribution in [-0.2, 0) is 0 Å². The van der Waals surface area contributed by atoms with Crippen molar-refractivity contribution >= 4 is 23.2 Å². The molecule has 2 aliphatic rings. The third kappa shape index (κ3) is 2.92. The number of hydrogen-bond donors (Lipinski definition) is 1. The van der Waals surface area contributed by atoms with Crippen LogP contribution in [0.4, 0.5) is 0 Å². The van der Waals surface area contributed by atoms with Crippen molar-refractivity contribution in [3.05, 3.63) is 48.6 Å². The Morgan fingerprint density at radius 1 is 0.909 bits per heavy atom. The molecule has 0 saturated carbocycles. The lowest BCUT2D eigenvalue weighted by Crippen LogP contribution is -2.43. The van der Waals surface area contributed by atoms with Gasteiger partial charge in [-0.1, -0.05) is 24.3 Å². The molecule has 3 nitrogen and oxygen atoms in total. The Morgan fingerprint density at radius 3 is 2.14 bits per heavy atom. The summed E-state index contributed by atoms with van der Waals surface area (Å²) in [6, 6.07) is 13.4. The molecule has 2 aromatic rings. The molecule has 3 atom stereocenters. The largest absolute Gasteiger partial charge is 0.497 e. The topological polar surface area (TPSA) is 30.5 Å². The van der Waals surface area contributed by atoms with E-state index in [1.54, 1.807) is 7.11 Å². The van der Waals surface area contributed by atoms with E-state index in [0.29, 0.717) is 18.2 Å². The lowest BCUT2D eigenvalue weighted by molar-refractivity contribution is 0.142. The molecule has 116 valence electrons. The van der Waals surface area contributed by atoms with E-state index < -0.39 is 0 Å². The van der Waals surface area contributed by atoms with Gasteiger partial charge in [-0.05, 0) is 35.0 Å². The molecule has 1 saturated heterocycles. The van der Waals surface area contributed by atoms with Crippen molar-refractivity contribution in [3.8, 4) is 11.5 Å². The number of hydrogen-bond acceptors (Lipinski definition) is 3. The molecular weight excluding hydrogens is 298 g/mol. The van der Waals surface area contributed by atoms with Crippen molar-refractivity contribution in [3.63, 3.8) is 0 Å². The molecule has 2 heterocycles. The molecule has 2 aliphatic heterocycles. The van der Waals surface area contributed by atoms with Gasteiger partial charge in [0.2, 0.25) is 0 Å². The summed E-state index contributed by atoms with van der Waals surface area (Å²) in [5.74, 6) is 1.84. The third-order valence-corrected chi connectivity index (χ3v) is 4.36. The van der Waals surface area contributed by atoms with Crippen LogP contribution >= 0.6 is 12.4 Å². The normalized spacial score (nSPS) is 25.8. The number of nitrogens with one attached hydrogen (secondary N) is 1. The van der Waals surface area contributed by atoms with Gasteiger partial charge in [0.15, 0.2) is 0 Å². The molecule has 1 fully saturated rings. The first-order valence-electron chi connectivity index (χ1n) is 7.49. The monoisotopic (exact) mass is 317 g/mol. The number of halogens is 1. The van der Waals surface area contributed by atoms with Crippen molar-refractivity contribution in [1.29, 1.82) is 0 Å². The minimum Gasteiger partial charge on any atom is -0.497 e. The highest BCUT2D eigenvalue weighted by Crippen LogP contribution is 2.28. The predicted molar refractivity (Wildman–Crippen MR) is 91.2 cm³/mol. The van der Waals surface area contributed by atoms with Gasteiger partial charge in [0.05, 0.1) is 7.11 Å². The van der Waals surface area contributed by atoms with Crippen LogP contribution in [0.1, 0.15) is 12.8 Å². The average Bonchev–Trinajstić information content (AvgIpc) is 2.85. The van der Waals surface area contributed by atoms with Crippen LogP contribution in [0.5, 0.6) is 11.5 Å². The molecule has 1 N–H and O–H groups in total. The van der Waals surface area contributed by atoms with Gasteiger partial charge >= 0.3 is 0 Å². The Bertz CT molecular complexity index is 687. The number of benzene rings is 2. The van der Waals surface area contributed by atoms with Crippen LogP contribution in [0.25, 0.3) is 10.8 Å². The van der Waals surface area contributed by atoms with E-state index in [2.05, 4.69) is 41.7 Å². The Labute approximate surface area is 136 Å². The summed E-state index contributed by atoms with van der Waals surface area (Å²) in [6.45, 7) is 0. The van der Waals surface area contributed by atoms with Crippen LogP contribution in [-0.4, -0.2) is 25.3 Å². The number of fused-ring (bicyclic) bond motifs is 3. The fourth-order valence-electron chi connectivity index (χ4n) is 3.30. The molecule has 4 heteroatoms. The Kier molecular flexibility index (Phi) is 4.27. The van der Waals surface area contributed by atoms with Crippen molar-refractivity contribution in [2.45, 2.75) is 31.0 Å². The van der Waals surface area contributed by atoms with Gasteiger partial charge in [-0.15, -0.1) is 12.4 Å². The lowest BCUT2D eigenvalue weighted by Gasteiger charge is -2.29. The first-order chi connectivity index (χ1) is 10.3. The zero-order valence-electron chi connectivity index (χ0n) is 12.5. The van der Waals surface area contributed by atoms with E-state index in [1.807, 2.05) is 12.1 Å². The van der Waals surface area contributed by atoms with Gasteiger partial charge < -0.3 is 14.8 Å². The van der Waals surface area contributed by atoms with E-state index in [9.17, 15) is 0 Å². The Morgan fingerprint density at radius 2 is 1.50 bits per heavy atom. The van der Waals surface area contributed by atoms with Crippen LogP contribution in [0.15, 0.2) is 48.6 Å². The molecule has 0 aliphatic carbocycles. The van der Waals surface area contributed by atoms with E-state index in [-0.39, 0.29) is 12.4 Å². The zero-order chi connectivity index (χ0) is 14.2. The molecule has 0 amide bonds. The van der Waals surface area contributed by atoms with Gasteiger partial charge in [0.25, 0.3) is 0 Å². The Hall–Kier alpha value is -1.71. The summed E-state index contributed by atoms with van der Waals surface area (Å²) in [6.07, 6.45) is 6.93. The van der Waals surface area contributed by atoms with Crippen LogP contribution < -0.4 is 14.8 Å². The molecule has 2 bridgehead atoms. The first kappa shape index (κ1) is 15.2. The summed E-state index contributed by atoms with van der Waals surface area (Å²) in [7, 11) is 1.69. The minimum absolute atomic E-state index is 0. The van der Waals surface area contributed by atoms with Gasteiger partial charge in [-0.2, -0.15) is 0 Å². The summed E-state index contributed by atoms with van der Waals surface area (Å²) in [4.78, 5) is 0. The highest BCUT2D eigenvalue weighted by Gasteiger charge is 2.30. The molecule has 0 unspecified atom stereocenters. The quantitative estimate of drug-likeness (QED) is 0.875. The number of rotatable bonds is 3. The van der Waals surface area contributed by atoms with E-state index in [1.165, 1.54) is 10.8 Å². The van der Waals surface area contributed by atoms with E-state index >= 15 is 0 Å².